The third-order valence-corrected chi connectivity index (χ3v) is 6.69. The molecule has 110 valence electrons. The molecule has 3 fully saturated rings. The summed E-state index contributed by atoms with van der Waals surface area (Å²) in [6.45, 7) is 10.3. The Morgan fingerprint density at radius 1 is 1.05 bits per heavy atom. The van der Waals surface area contributed by atoms with Crippen LogP contribution in [0, 0.1) is 22.7 Å². The van der Waals surface area contributed by atoms with Crippen LogP contribution in [0.4, 0.5) is 0 Å². The van der Waals surface area contributed by atoms with Gasteiger partial charge in [-0.15, -0.1) is 0 Å². The van der Waals surface area contributed by atoms with Crippen molar-refractivity contribution in [2.24, 2.45) is 22.7 Å². The van der Waals surface area contributed by atoms with E-state index >= 15 is 0 Å². The van der Waals surface area contributed by atoms with E-state index in [1.165, 1.54) is 32.1 Å². The molecule has 1 heterocycles. The lowest BCUT2D eigenvalue weighted by Crippen LogP contribution is -2.64. The molecule has 2 aliphatic carbocycles. The van der Waals surface area contributed by atoms with Gasteiger partial charge in [0.1, 0.15) is 0 Å². The quantitative estimate of drug-likeness (QED) is 0.723. The molecule has 19 heavy (non-hydrogen) atoms. The minimum Gasteiger partial charge on any atom is -0.393 e. The zero-order valence-corrected chi connectivity index (χ0v) is 13.0. The highest BCUT2D eigenvalue weighted by Gasteiger charge is 2.62. The molecule has 0 amide bonds. The Kier molecular flexibility index (Phi) is 3.07. The Balaban J connectivity index is 2.02. The van der Waals surface area contributed by atoms with Crippen molar-refractivity contribution in [1.82, 2.24) is 0 Å². The predicted molar refractivity (Wildman–Crippen MR) is 76.9 cm³/mol. The molecule has 1 unspecified atom stereocenters. The van der Waals surface area contributed by atoms with Gasteiger partial charge in [-0.25, -0.2) is 0 Å². The summed E-state index contributed by atoms with van der Waals surface area (Å²) >= 11 is 0. The minimum atomic E-state index is -0.195. The lowest BCUT2D eigenvalue weighted by Gasteiger charge is -2.64. The summed E-state index contributed by atoms with van der Waals surface area (Å²) in [5.74, 6) is 1.07. The van der Waals surface area contributed by atoms with Gasteiger partial charge in [-0.05, 0) is 55.3 Å². The van der Waals surface area contributed by atoms with Gasteiger partial charge in [0.2, 0.25) is 0 Å². The number of ether oxygens (including phenoxy) is 1. The molecule has 0 aromatic rings. The average Bonchev–Trinajstić information content (AvgIpc) is 2.25. The van der Waals surface area contributed by atoms with Crippen molar-refractivity contribution in [2.45, 2.75) is 77.9 Å². The SMILES string of the molecule is CC1(C)CCC[C@@]2(C)[C@H]1[C@H](O)CC1(C)OCCC[C@@H]12. The molecule has 3 rings (SSSR count). The first-order valence-corrected chi connectivity index (χ1v) is 8.12. The third kappa shape index (κ3) is 1.90. The topological polar surface area (TPSA) is 29.5 Å². The normalized spacial score (nSPS) is 53.2. The fourth-order valence-corrected chi connectivity index (χ4v) is 6.24. The maximum atomic E-state index is 10.8. The van der Waals surface area contributed by atoms with Gasteiger partial charge in [0.25, 0.3) is 0 Å². The van der Waals surface area contributed by atoms with Crippen LogP contribution in [0.5, 0.6) is 0 Å². The van der Waals surface area contributed by atoms with E-state index in [9.17, 15) is 5.11 Å². The number of aliphatic hydroxyl groups is 1. The van der Waals surface area contributed by atoms with Crippen LogP contribution >= 0.6 is 0 Å². The van der Waals surface area contributed by atoms with Crippen LogP contribution in [0.1, 0.15) is 66.2 Å². The van der Waals surface area contributed by atoms with E-state index in [2.05, 4.69) is 27.7 Å². The van der Waals surface area contributed by atoms with Gasteiger partial charge in [-0.2, -0.15) is 0 Å². The number of hydrogen-bond donors (Lipinski definition) is 1. The Labute approximate surface area is 117 Å². The fourth-order valence-electron chi connectivity index (χ4n) is 6.24. The summed E-state index contributed by atoms with van der Waals surface area (Å²) in [6, 6.07) is 0. The second-order valence-electron chi connectivity index (χ2n) is 8.45. The zero-order valence-electron chi connectivity index (χ0n) is 13.0. The molecule has 0 bridgehead atoms. The van der Waals surface area contributed by atoms with Crippen LogP contribution in [0.25, 0.3) is 0 Å². The van der Waals surface area contributed by atoms with E-state index in [0.717, 1.165) is 13.0 Å². The van der Waals surface area contributed by atoms with E-state index in [1.54, 1.807) is 0 Å². The lowest BCUT2D eigenvalue weighted by molar-refractivity contribution is -0.246. The first-order valence-electron chi connectivity index (χ1n) is 8.12. The molecular formula is C17H30O2. The fraction of sp³-hybridized carbons (Fsp3) is 1.00. The largest absolute Gasteiger partial charge is 0.393 e. The summed E-state index contributed by atoms with van der Waals surface area (Å²) in [7, 11) is 0. The smallest absolute Gasteiger partial charge is 0.0712 e. The zero-order chi connectivity index (χ0) is 13.9. The Bertz CT molecular complexity index is 364. The van der Waals surface area contributed by atoms with E-state index in [1.807, 2.05) is 0 Å². The van der Waals surface area contributed by atoms with Gasteiger partial charge in [0.05, 0.1) is 11.7 Å². The first kappa shape index (κ1) is 13.9. The van der Waals surface area contributed by atoms with E-state index in [0.29, 0.717) is 11.8 Å². The maximum Gasteiger partial charge on any atom is 0.0712 e. The second kappa shape index (κ2) is 4.21. The second-order valence-corrected chi connectivity index (χ2v) is 8.45. The van der Waals surface area contributed by atoms with Gasteiger partial charge in [-0.3, -0.25) is 0 Å². The third-order valence-electron chi connectivity index (χ3n) is 6.69. The van der Waals surface area contributed by atoms with Gasteiger partial charge in [0.15, 0.2) is 0 Å². The number of rotatable bonds is 0. The Morgan fingerprint density at radius 3 is 2.53 bits per heavy atom. The van der Waals surface area contributed by atoms with E-state index in [4.69, 9.17) is 4.74 Å². The van der Waals surface area contributed by atoms with Crippen molar-refractivity contribution < 1.29 is 9.84 Å². The molecule has 0 aromatic carbocycles. The highest BCUT2D eigenvalue weighted by atomic mass is 16.5. The number of aliphatic hydroxyl groups excluding tert-OH is 1. The lowest BCUT2D eigenvalue weighted by atomic mass is 9.44. The van der Waals surface area contributed by atoms with Crippen molar-refractivity contribution in [1.29, 1.82) is 0 Å². The highest BCUT2D eigenvalue weighted by Crippen LogP contribution is 2.64. The maximum absolute atomic E-state index is 10.8. The standard InChI is InChI=1S/C17H30O2/c1-15(2)8-6-9-16(3)13-7-5-10-19-17(13,4)11-12(18)14(15)16/h12-14,18H,5-11H2,1-4H3/t12-,13-,14+,16-,17?/m1/s1. The molecule has 1 aliphatic heterocycles. The Hall–Kier alpha value is -0.0800. The molecular weight excluding hydrogens is 236 g/mol. The van der Waals surface area contributed by atoms with Crippen molar-refractivity contribution >= 4 is 0 Å². The average molecular weight is 266 g/mol. The molecule has 3 aliphatic rings. The van der Waals surface area contributed by atoms with Crippen molar-refractivity contribution in [2.75, 3.05) is 6.61 Å². The van der Waals surface area contributed by atoms with Gasteiger partial charge in [0, 0.05) is 13.0 Å². The molecule has 1 N–H and O–H groups in total. The number of fused-ring (bicyclic) bond motifs is 3. The predicted octanol–water partition coefficient (Wildman–Crippen LogP) is 3.77. The molecule has 5 atom stereocenters. The van der Waals surface area contributed by atoms with Crippen LogP contribution in [0.3, 0.4) is 0 Å². The molecule has 0 spiro atoms. The molecule has 2 saturated carbocycles. The molecule has 0 aromatic heterocycles. The van der Waals surface area contributed by atoms with Gasteiger partial charge >= 0.3 is 0 Å². The first-order chi connectivity index (χ1) is 8.80. The van der Waals surface area contributed by atoms with Crippen LogP contribution < -0.4 is 0 Å². The summed E-state index contributed by atoms with van der Waals surface area (Å²) in [4.78, 5) is 0. The number of hydrogen-bond acceptors (Lipinski definition) is 2. The van der Waals surface area contributed by atoms with Crippen LogP contribution in [0.2, 0.25) is 0 Å². The molecule has 1 saturated heterocycles. The van der Waals surface area contributed by atoms with Crippen molar-refractivity contribution in [3.8, 4) is 0 Å². The molecule has 2 heteroatoms. The molecule has 0 radical (unpaired) electrons. The van der Waals surface area contributed by atoms with Crippen molar-refractivity contribution in [3.05, 3.63) is 0 Å². The van der Waals surface area contributed by atoms with Crippen LogP contribution in [-0.2, 0) is 4.74 Å². The summed E-state index contributed by atoms with van der Waals surface area (Å²) in [5.41, 5.74) is 0.441. The van der Waals surface area contributed by atoms with Crippen molar-refractivity contribution in [3.63, 3.8) is 0 Å². The molecule has 2 nitrogen and oxygen atoms in total. The summed E-state index contributed by atoms with van der Waals surface area (Å²) in [5, 5.41) is 10.8. The summed E-state index contributed by atoms with van der Waals surface area (Å²) in [6.07, 6.45) is 6.95. The Morgan fingerprint density at radius 2 is 1.79 bits per heavy atom. The van der Waals surface area contributed by atoms with Gasteiger partial charge in [-0.1, -0.05) is 27.2 Å². The monoisotopic (exact) mass is 266 g/mol. The minimum absolute atomic E-state index is 0.0870. The van der Waals surface area contributed by atoms with Crippen LogP contribution in [-0.4, -0.2) is 23.4 Å². The van der Waals surface area contributed by atoms with E-state index < -0.39 is 0 Å². The van der Waals surface area contributed by atoms with Crippen LogP contribution in [0.15, 0.2) is 0 Å². The van der Waals surface area contributed by atoms with E-state index in [-0.39, 0.29) is 22.5 Å². The summed E-state index contributed by atoms with van der Waals surface area (Å²) < 4.78 is 6.16. The highest BCUT2D eigenvalue weighted by molar-refractivity contribution is 5.11. The van der Waals surface area contributed by atoms with Gasteiger partial charge < -0.3 is 9.84 Å².